The molecule has 1 saturated heterocycles. The molecule has 0 aliphatic carbocycles. The Morgan fingerprint density at radius 3 is 2.75 bits per heavy atom. The molecule has 1 fully saturated rings. The van der Waals surface area contributed by atoms with Gasteiger partial charge in [0.1, 0.15) is 12.4 Å². The van der Waals surface area contributed by atoms with Crippen molar-refractivity contribution >= 4 is 29.9 Å². The van der Waals surface area contributed by atoms with E-state index in [0.29, 0.717) is 13.2 Å². The standard InChI is InChI=1S/C24H37N5O2.HI/c1-6-25-24(26-12-11-22-18(3)28-29(5)19(22)4)27-15-20-10-9-17(2)14-23(20)31-16-21-8-7-13-30-21;/h9-10,14,21H,6-8,11-13,15-16H2,1-5H3,(H2,25,26,27);1H. The topological polar surface area (TPSA) is 72.7 Å². The van der Waals surface area contributed by atoms with Crippen molar-refractivity contribution in [3.05, 3.63) is 46.3 Å². The molecule has 7 nitrogen and oxygen atoms in total. The maximum Gasteiger partial charge on any atom is 0.191 e. The number of aromatic nitrogens is 2. The lowest BCUT2D eigenvalue weighted by Gasteiger charge is -2.15. The van der Waals surface area contributed by atoms with Gasteiger partial charge in [-0.05, 0) is 64.2 Å². The van der Waals surface area contributed by atoms with Crippen LogP contribution in [0.4, 0.5) is 0 Å². The summed E-state index contributed by atoms with van der Waals surface area (Å²) in [6, 6.07) is 6.31. The number of aryl methyl sites for hydroxylation is 3. The first-order valence-corrected chi connectivity index (χ1v) is 11.3. The molecule has 1 unspecified atom stereocenters. The highest BCUT2D eigenvalue weighted by atomic mass is 127. The summed E-state index contributed by atoms with van der Waals surface area (Å²) >= 11 is 0. The Bertz CT molecular complexity index is 891. The highest BCUT2D eigenvalue weighted by molar-refractivity contribution is 14.0. The van der Waals surface area contributed by atoms with Crippen LogP contribution in [0.15, 0.2) is 23.2 Å². The fraction of sp³-hybridized carbons (Fsp3) is 0.583. The first-order valence-electron chi connectivity index (χ1n) is 11.3. The van der Waals surface area contributed by atoms with E-state index in [1.165, 1.54) is 16.8 Å². The minimum absolute atomic E-state index is 0. The molecule has 0 saturated carbocycles. The van der Waals surface area contributed by atoms with Crippen LogP contribution in [0.25, 0.3) is 0 Å². The van der Waals surface area contributed by atoms with Crippen LogP contribution >= 0.6 is 24.0 Å². The summed E-state index contributed by atoms with van der Waals surface area (Å²) in [5.41, 5.74) is 5.88. The Kier molecular flexibility index (Phi) is 10.8. The van der Waals surface area contributed by atoms with E-state index in [4.69, 9.17) is 14.5 Å². The van der Waals surface area contributed by atoms with Crippen molar-refractivity contribution in [2.75, 3.05) is 26.3 Å². The number of nitrogens with one attached hydrogen (secondary N) is 2. The minimum atomic E-state index is 0. The highest BCUT2D eigenvalue weighted by Crippen LogP contribution is 2.23. The van der Waals surface area contributed by atoms with Crippen molar-refractivity contribution < 1.29 is 9.47 Å². The predicted octanol–water partition coefficient (Wildman–Crippen LogP) is 3.82. The lowest BCUT2D eigenvalue weighted by molar-refractivity contribution is 0.0676. The Balaban J connectivity index is 0.00000363. The molecule has 2 heterocycles. The van der Waals surface area contributed by atoms with Gasteiger partial charge in [0.25, 0.3) is 0 Å². The molecular formula is C24H38IN5O2. The number of hydrogen-bond acceptors (Lipinski definition) is 4. The second-order valence-corrected chi connectivity index (χ2v) is 8.20. The fourth-order valence-corrected chi connectivity index (χ4v) is 3.88. The van der Waals surface area contributed by atoms with Crippen LogP contribution in [0.1, 0.15) is 47.8 Å². The zero-order valence-electron chi connectivity index (χ0n) is 20.0. The molecule has 2 aromatic rings. The van der Waals surface area contributed by atoms with Gasteiger partial charge in [-0.25, -0.2) is 4.99 Å². The smallest absolute Gasteiger partial charge is 0.191 e. The minimum Gasteiger partial charge on any atom is -0.491 e. The zero-order chi connectivity index (χ0) is 22.2. The fourth-order valence-electron chi connectivity index (χ4n) is 3.88. The zero-order valence-corrected chi connectivity index (χ0v) is 22.4. The van der Waals surface area contributed by atoms with Gasteiger partial charge in [-0.3, -0.25) is 4.68 Å². The molecule has 1 aromatic heterocycles. The van der Waals surface area contributed by atoms with Crippen LogP contribution in [0, 0.1) is 20.8 Å². The van der Waals surface area contributed by atoms with E-state index in [0.717, 1.165) is 61.9 Å². The highest BCUT2D eigenvalue weighted by Gasteiger charge is 2.17. The third kappa shape index (κ3) is 7.37. The molecule has 0 radical (unpaired) electrons. The normalized spacial score (nSPS) is 16.0. The predicted molar refractivity (Wildman–Crippen MR) is 140 cm³/mol. The van der Waals surface area contributed by atoms with Crippen LogP contribution in [-0.4, -0.2) is 48.1 Å². The number of guanidine groups is 1. The summed E-state index contributed by atoms with van der Waals surface area (Å²) in [7, 11) is 1.99. The van der Waals surface area contributed by atoms with Gasteiger partial charge in [-0.15, -0.1) is 24.0 Å². The Hall–Kier alpha value is -1.81. The van der Waals surface area contributed by atoms with E-state index in [1.807, 2.05) is 11.7 Å². The molecule has 3 rings (SSSR count). The van der Waals surface area contributed by atoms with E-state index >= 15 is 0 Å². The number of halogens is 1. The van der Waals surface area contributed by atoms with Gasteiger partial charge in [-0.2, -0.15) is 5.10 Å². The van der Waals surface area contributed by atoms with Gasteiger partial charge < -0.3 is 20.1 Å². The maximum atomic E-state index is 6.12. The van der Waals surface area contributed by atoms with E-state index < -0.39 is 0 Å². The molecule has 1 aliphatic rings. The Labute approximate surface area is 209 Å². The number of benzene rings is 1. The van der Waals surface area contributed by atoms with Crippen molar-refractivity contribution in [3.8, 4) is 5.75 Å². The summed E-state index contributed by atoms with van der Waals surface area (Å²) in [6.45, 7) is 12.0. The summed E-state index contributed by atoms with van der Waals surface area (Å²) in [5, 5.41) is 11.3. The monoisotopic (exact) mass is 555 g/mol. The number of rotatable bonds is 9. The van der Waals surface area contributed by atoms with Crippen LogP contribution in [0.2, 0.25) is 0 Å². The molecule has 2 N–H and O–H groups in total. The molecule has 8 heteroatoms. The average Bonchev–Trinajstić information content (AvgIpc) is 3.35. The molecule has 1 aromatic carbocycles. The lowest BCUT2D eigenvalue weighted by Crippen LogP contribution is -2.38. The average molecular weight is 556 g/mol. The van der Waals surface area contributed by atoms with Crippen LogP contribution in [0.5, 0.6) is 5.75 Å². The van der Waals surface area contributed by atoms with Crippen molar-refractivity contribution in [2.24, 2.45) is 12.0 Å². The van der Waals surface area contributed by atoms with Gasteiger partial charge in [0.2, 0.25) is 0 Å². The third-order valence-electron chi connectivity index (χ3n) is 5.75. The van der Waals surface area contributed by atoms with Gasteiger partial charge in [-0.1, -0.05) is 12.1 Å². The SMILES string of the molecule is CCNC(=NCc1ccc(C)cc1OCC1CCCO1)NCCc1c(C)nn(C)c1C.I. The van der Waals surface area contributed by atoms with Gasteiger partial charge >= 0.3 is 0 Å². The molecule has 1 atom stereocenters. The van der Waals surface area contributed by atoms with Crippen molar-refractivity contribution in [1.29, 1.82) is 0 Å². The quantitative estimate of drug-likeness (QED) is 0.280. The van der Waals surface area contributed by atoms with E-state index in [9.17, 15) is 0 Å². The van der Waals surface area contributed by atoms with E-state index in [1.54, 1.807) is 0 Å². The summed E-state index contributed by atoms with van der Waals surface area (Å²) < 4.78 is 13.8. The number of hydrogen-bond donors (Lipinski definition) is 2. The van der Waals surface area contributed by atoms with Crippen LogP contribution in [0.3, 0.4) is 0 Å². The first-order chi connectivity index (χ1) is 15.0. The van der Waals surface area contributed by atoms with Crippen molar-refractivity contribution in [3.63, 3.8) is 0 Å². The molecule has 0 amide bonds. The number of aliphatic imine (C=N–C) groups is 1. The van der Waals surface area contributed by atoms with Crippen LogP contribution in [-0.2, 0) is 24.8 Å². The Morgan fingerprint density at radius 2 is 2.09 bits per heavy atom. The van der Waals surface area contributed by atoms with E-state index in [-0.39, 0.29) is 30.1 Å². The summed E-state index contributed by atoms with van der Waals surface area (Å²) in [6.07, 6.45) is 3.31. The van der Waals surface area contributed by atoms with E-state index in [2.05, 4.69) is 61.6 Å². The summed E-state index contributed by atoms with van der Waals surface area (Å²) in [4.78, 5) is 4.80. The molecule has 0 bridgehead atoms. The first kappa shape index (κ1) is 26.4. The largest absolute Gasteiger partial charge is 0.491 e. The molecular weight excluding hydrogens is 517 g/mol. The van der Waals surface area contributed by atoms with Crippen molar-refractivity contribution in [2.45, 2.75) is 59.6 Å². The Morgan fingerprint density at radius 1 is 1.28 bits per heavy atom. The second-order valence-electron chi connectivity index (χ2n) is 8.20. The van der Waals surface area contributed by atoms with Crippen molar-refractivity contribution in [1.82, 2.24) is 20.4 Å². The van der Waals surface area contributed by atoms with Gasteiger partial charge in [0.05, 0.1) is 18.3 Å². The molecule has 32 heavy (non-hydrogen) atoms. The maximum absolute atomic E-state index is 6.12. The summed E-state index contributed by atoms with van der Waals surface area (Å²) in [5.74, 6) is 1.71. The van der Waals surface area contributed by atoms with Gasteiger partial charge in [0, 0.05) is 38.0 Å². The molecule has 0 spiro atoms. The molecule has 178 valence electrons. The van der Waals surface area contributed by atoms with Gasteiger partial charge in [0.15, 0.2) is 5.96 Å². The van der Waals surface area contributed by atoms with Crippen LogP contribution < -0.4 is 15.4 Å². The lowest BCUT2D eigenvalue weighted by atomic mass is 10.1. The molecule has 1 aliphatic heterocycles. The second kappa shape index (κ2) is 13.0. The number of ether oxygens (including phenoxy) is 2. The third-order valence-corrected chi connectivity index (χ3v) is 5.75. The number of nitrogens with zero attached hydrogens (tertiary/aromatic N) is 3.